The molecule has 6 aliphatic heterocycles. The average molecular weight is 1320 g/mol. The quantitative estimate of drug-likeness (QED) is 0.0491. The number of aromatic nitrogens is 2. The van der Waals surface area contributed by atoms with Crippen LogP contribution in [-0.2, 0) is 51.2 Å². The molecule has 32 nitrogen and oxygen atoms in total. The molecule has 1 aromatic heterocycles. The summed E-state index contributed by atoms with van der Waals surface area (Å²) in [7, 11) is -11.0. The zero-order valence-corrected chi connectivity index (χ0v) is 54.9. The lowest BCUT2D eigenvalue weighted by molar-refractivity contribution is -0.122. The molecule has 0 spiro atoms. The molecule has 6 amide bonds. The lowest BCUT2D eigenvalue weighted by Crippen LogP contribution is -2.62. The first-order valence-electron chi connectivity index (χ1n) is 30.2. The van der Waals surface area contributed by atoms with E-state index in [0.29, 0.717) is 34.8 Å². The molecule has 7 heterocycles. The highest BCUT2D eigenvalue weighted by atomic mass is 31.3. The van der Waals surface area contributed by atoms with E-state index in [1.54, 1.807) is 6.21 Å². The summed E-state index contributed by atoms with van der Waals surface area (Å²) in [5.74, 6) is -4.94. The molecule has 0 aromatic carbocycles. The third-order valence-electron chi connectivity index (χ3n) is 19.5. The number of anilines is 1. The number of phosphoric ester groups is 2. The van der Waals surface area contributed by atoms with Gasteiger partial charge < -0.3 is 80.4 Å². The molecular weight excluding hydrogens is 1230 g/mol. The van der Waals surface area contributed by atoms with E-state index in [4.69, 9.17) is 68.9 Å². The third-order valence-corrected chi connectivity index (χ3v) is 22.2. The minimum Gasteiger partial charge on any atom is -0.387 e. The Morgan fingerprint density at radius 2 is 1.48 bits per heavy atom. The second kappa shape index (κ2) is 27.4. The molecule has 6 aliphatic rings. The number of carbonyl (C=O) groups is 6. The third kappa shape index (κ3) is 15.0. The largest absolute Gasteiger partial charge is 0.481 e. The molecule has 506 valence electrons. The number of phosphoric acid groups is 2. The van der Waals surface area contributed by atoms with Gasteiger partial charge in [-0.3, -0.25) is 63.1 Å². The number of hydrogen-bond donors (Lipinski definition) is 15. The zero-order chi connectivity index (χ0) is 67.9. The van der Waals surface area contributed by atoms with Crippen LogP contribution in [0.15, 0.2) is 55.6 Å². The van der Waals surface area contributed by atoms with Crippen molar-refractivity contribution in [2.75, 3.05) is 31.6 Å². The number of amides is 6. The van der Waals surface area contributed by atoms with Crippen molar-refractivity contribution >= 4 is 74.5 Å². The van der Waals surface area contributed by atoms with E-state index < -0.39 is 152 Å². The van der Waals surface area contributed by atoms with Crippen LogP contribution >= 0.6 is 15.6 Å². The van der Waals surface area contributed by atoms with Crippen LogP contribution in [0.5, 0.6) is 0 Å². The van der Waals surface area contributed by atoms with Crippen molar-refractivity contribution in [2.45, 2.75) is 176 Å². The van der Waals surface area contributed by atoms with E-state index in [1.165, 1.54) is 11.5 Å². The van der Waals surface area contributed by atoms with Gasteiger partial charge in [0.05, 0.1) is 30.6 Å². The standard InChI is InChI=1S/C57H92N16O16P2/c1-27(2)42-32(13-16-39(62)76)56(9,24-59)57(10,72-42)48-33(21-58)55(8,47(69-48)29(4)43-31(12-15-38(61)75)53(5,6)36(68-43)19-34-30(11-14-37(60)74)54(7,25-66-34)20-40(63)77)18-17-41(78)65-22-28(3)88-91(84,85)89-90(82,83)86-23-35-45(79)46(80)51(87-35)73-26-67-44-49(73)70-52(64)71-50(44)81/h19,25-26,28,30-33,35,45-46,48,51-52,70,72,79-80H,11-18,20-24,58-59,64H2,1-10H3,(H2,60,74)(H2,61,75)(H2,62,76)(H2,63,77)(H,65,78)(H,71,81)(H,82,83)(H,84,85)/b34-19-,43-29-. The topological polar surface area (TPSA) is 540 Å². The Kier molecular flexibility index (Phi) is 21.8. The second-order valence-corrected chi connectivity index (χ2v) is 29.4. The number of ether oxygens (including phenoxy) is 1. The van der Waals surface area contributed by atoms with Crippen molar-refractivity contribution in [3.05, 3.63) is 46.3 Å². The number of nitrogens with one attached hydrogen (secondary N) is 4. The first-order chi connectivity index (χ1) is 42.2. The second-order valence-electron chi connectivity index (χ2n) is 26.4. The van der Waals surface area contributed by atoms with Crippen molar-refractivity contribution < 1.29 is 76.0 Å². The summed E-state index contributed by atoms with van der Waals surface area (Å²) in [4.78, 5) is 117. The van der Waals surface area contributed by atoms with Gasteiger partial charge in [0.2, 0.25) is 29.5 Å². The number of aliphatic hydroxyl groups is 2. The molecule has 22 N–H and O–H groups in total. The van der Waals surface area contributed by atoms with Crippen molar-refractivity contribution in [1.82, 2.24) is 25.5 Å². The number of allylic oxidation sites excluding steroid dienone is 6. The van der Waals surface area contributed by atoms with Crippen LogP contribution in [0.25, 0.3) is 0 Å². The van der Waals surface area contributed by atoms with Crippen molar-refractivity contribution in [1.29, 1.82) is 0 Å². The SMILES string of the molecule is CC(C)=C1NC(C)(C2N=C(/C(C)=C3N=C(/C=C4\N=CC(C)(CC(N)=O)C4CCC(N)=O)C(C)(C)C\3CCC(N)=O)C(C)(CCC(=O)NCC(C)OP(=O)(O)OP(=O)(O)OCC3OC(n4cnc5c4NC(N)NC5=O)C(O)C3O)C2CN)C(C)(CN)C1CCC(N)=O. The molecule has 34 heteroatoms. The Morgan fingerprint density at radius 3 is 2.07 bits per heavy atom. The van der Waals surface area contributed by atoms with E-state index in [1.807, 2.05) is 61.5 Å². The summed E-state index contributed by atoms with van der Waals surface area (Å²) in [5.41, 5.74) is 42.8. The molecule has 0 radical (unpaired) electrons. The first kappa shape index (κ1) is 72.3. The Balaban J connectivity index is 1.15. The molecule has 2 fully saturated rings. The monoisotopic (exact) mass is 1320 g/mol. The van der Waals surface area contributed by atoms with E-state index in [-0.39, 0.29) is 81.9 Å². The lowest BCUT2D eigenvalue weighted by atomic mass is 9.58. The minimum atomic E-state index is -5.50. The maximum Gasteiger partial charge on any atom is 0.481 e. The zero-order valence-electron chi connectivity index (χ0n) is 53.1. The van der Waals surface area contributed by atoms with Crippen LogP contribution < -0.4 is 61.4 Å². The van der Waals surface area contributed by atoms with Gasteiger partial charge in [0.15, 0.2) is 18.2 Å². The Labute approximate surface area is 528 Å². The number of primary amides is 4. The first-order valence-corrected chi connectivity index (χ1v) is 33.2. The van der Waals surface area contributed by atoms with Crippen molar-refractivity contribution in [3.8, 4) is 0 Å². The fraction of sp³-hybridized carbons (Fsp3) is 0.684. The molecule has 17 unspecified atom stereocenters. The van der Waals surface area contributed by atoms with Crippen LogP contribution in [-0.4, -0.2) is 151 Å². The number of aliphatic hydroxyl groups excluding tert-OH is 2. The van der Waals surface area contributed by atoms with Gasteiger partial charge in [0.1, 0.15) is 24.1 Å². The Hall–Kier alpha value is -6.12. The summed E-state index contributed by atoms with van der Waals surface area (Å²) in [6, 6.07) is -0.655. The number of carbonyl (C=O) groups excluding carboxylic acids is 6. The molecule has 91 heavy (non-hydrogen) atoms. The molecular formula is C57H92N16O16P2. The highest BCUT2D eigenvalue weighted by Gasteiger charge is 2.65. The van der Waals surface area contributed by atoms with Gasteiger partial charge in [-0.1, -0.05) is 40.2 Å². The lowest BCUT2D eigenvalue weighted by Gasteiger charge is -2.48. The molecule has 0 aliphatic carbocycles. The minimum absolute atomic E-state index is 0.00871. The van der Waals surface area contributed by atoms with Gasteiger partial charge in [0, 0.05) is 125 Å². The van der Waals surface area contributed by atoms with Crippen LogP contribution in [0.4, 0.5) is 5.82 Å². The normalized spacial score (nSPS) is 34.3. The number of imidazole rings is 1. The van der Waals surface area contributed by atoms with Gasteiger partial charge >= 0.3 is 15.6 Å². The number of hydrogen-bond acceptors (Lipinski definition) is 23. The summed E-state index contributed by atoms with van der Waals surface area (Å²) in [5, 5.41) is 33.3. The van der Waals surface area contributed by atoms with Gasteiger partial charge in [-0.2, -0.15) is 4.31 Å². The summed E-state index contributed by atoms with van der Waals surface area (Å²) in [6.07, 6.45) is -3.22. The number of rotatable bonds is 29. The number of fused-ring (bicyclic) bond motifs is 1. The highest BCUT2D eigenvalue weighted by Crippen LogP contribution is 2.62. The number of aliphatic imine (C=N–C) groups is 3. The summed E-state index contributed by atoms with van der Waals surface area (Å²) in [6.45, 7) is 17.8. The molecule has 7 rings (SSSR count). The molecule has 0 bridgehead atoms. The Morgan fingerprint density at radius 1 is 0.868 bits per heavy atom. The van der Waals surface area contributed by atoms with E-state index in [0.717, 1.165) is 17.6 Å². The predicted octanol–water partition coefficient (Wildman–Crippen LogP) is 0.710. The van der Waals surface area contributed by atoms with Gasteiger partial charge in [-0.05, 0) is 78.5 Å². The maximum atomic E-state index is 14.2. The fourth-order valence-corrected chi connectivity index (χ4v) is 16.4. The van der Waals surface area contributed by atoms with Crippen LogP contribution in [0, 0.1) is 45.3 Å². The van der Waals surface area contributed by atoms with E-state index in [9.17, 15) is 57.9 Å². The van der Waals surface area contributed by atoms with Gasteiger partial charge in [-0.15, -0.1) is 0 Å². The highest BCUT2D eigenvalue weighted by molar-refractivity contribution is 7.61. The van der Waals surface area contributed by atoms with E-state index >= 15 is 0 Å². The number of nitrogens with zero attached hydrogens (tertiary/aromatic N) is 5. The molecule has 2 saturated heterocycles. The van der Waals surface area contributed by atoms with E-state index in [2.05, 4.69) is 37.5 Å². The average Bonchev–Trinajstić information content (AvgIpc) is 1.54. The Bertz CT molecular complexity index is 3330. The van der Waals surface area contributed by atoms with Gasteiger partial charge in [-0.25, -0.2) is 14.1 Å². The van der Waals surface area contributed by atoms with Crippen LogP contribution in [0.1, 0.15) is 144 Å². The van der Waals surface area contributed by atoms with Crippen LogP contribution in [0.2, 0.25) is 0 Å². The summed E-state index contributed by atoms with van der Waals surface area (Å²) < 4.78 is 47.8. The number of nitrogens with two attached hydrogens (primary N) is 7. The molecule has 17 atom stereocenters. The molecule has 1 aromatic rings. The smallest absolute Gasteiger partial charge is 0.387 e. The summed E-state index contributed by atoms with van der Waals surface area (Å²) >= 11 is 0. The van der Waals surface area contributed by atoms with Crippen molar-refractivity contribution in [2.24, 2.45) is 100 Å². The molecule has 0 saturated carbocycles. The maximum absolute atomic E-state index is 14.2. The van der Waals surface area contributed by atoms with Crippen LogP contribution in [0.3, 0.4) is 0 Å². The fourth-order valence-electron chi connectivity index (χ4n) is 14.2. The predicted molar refractivity (Wildman–Crippen MR) is 334 cm³/mol. The van der Waals surface area contributed by atoms with Crippen molar-refractivity contribution in [3.63, 3.8) is 0 Å². The van der Waals surface area contributed by atoms with Gasteiger partial charge in [0.25, 0.3) is 5.91 Å².